The lowest BCUT2D eigenvalue weighted by molar-refractivity contribution is -0.113. The number of hydrogen-bond donors (Lipinski definition) is 0. The maximum Gasteiger partial charge on any atom is 0.271 e. The Balaban J connectivity index is 1.80. The molecular weight excluding hydrogens is 443 g/mol. The molecule has 0 spiro atoms. The Morgan fingerprint density at radius 1 is 1.00 bits per heavy atom. The molecule has 3 nitrogen and oxygen atoms in total. The van der Waals surface area contributed by atoms with Crippen LogP contribution in [0.1, 0.15) is 16.7 Å². The Morgan fingerprint density at radius 3 is 2.38 bits per heavy atom. The lowest BCUT2D eigenvalue weighted by atomic mass is 10.2. The van der Waals surface area contributed by atoms with Crippen molar-refractivity contribution in [2.24, 2.45) is 4.99 Å². The van der Waals surface area contributed by atoms with Crippen molar-refractivity contribution in [1.29, 1.82) is 0 Å². The highest BCUT2D eigenvalue weighted by molar-refractivity contribution is 8.19. The van der Waals surface area contributed by atoms with E-state index in [0.717, 1.165) is 16.7 Å². The molecular formula is C22H16Cl2N2OS2. The molecule has 2 heterocycles. The molecule has 1 amide bonds. The average Bonchev–Trinajstić information content (AvgIpc) is 3.30. The SMILES string of the molecule is Cc1ccc(N=C2S/C(=C/c3ccsc3)C(=O)N2c2ccc(C)c(Cl)c2)cc1Cl. The van der Waals surface area contributed by atoms with Crippen molar-refractivity contribution < 1.29 is 4.79 Å². The number of aliphatic imine (C=N–C) groups is 1. The third-order valence-corrected chi connectivity index (χ3v) is 6.93. The number of carbonyl (C=O) groups excluding carboxylic acids is 1. The van der Waals surface area contributed by atoms with Gasteiger partial charge in [0.2, 0.25) is 0 Å². The van der Waals surface area contributed by atoms with Crippen molar-refractivity contribution >= 4 is 74.8 Å². The van der Waals surface area contributed by atoms with E-state index >= 15 is 0 Å². The zero-order valence-corrected chi connectivity index (χ0v) is 18.8. The Bertz CT molecular complexity index is 1150. The van der Waals surface area contributed by atoms with Gasteiger partial charge in [-0.15, -0.1) is 0 Å². The van der Waals surface area contributed by atoms with Crippen LogP contribution in [-0.4, -0.2) is 11.1 Å². The largest absolute Gasteiger partial charge is 0.271 e. The second-order valence-corrected chi connectivity index (χ2v) is 9.17. The smallest absolute Gasteiger partial charge is 0.268 e. The number of anilines is 1. The number of nitrogens with zero attached hydrogens (tertiary/aromatic N) is 2. The average molecular weight is 459 g/mol. The summed E-state index contributed by atoms with van der Waals surface area (Å²) in [6.45, 7) is 3.87. The number of rotatable bonds is 3. The first kappa shape index (κ1) is 20.2. The molecule has 146 valence electrons. The molecule has 2 aromatic carbocycles. The van der Waals surface area contributed by atoms with E-state index in [2.05, 4.69) is 0 Å². The zero-order valence-electron chi connectivity index (χ0n) is 15.6. The fourth-order valence-corrected chi connectivity index (χ4v) is 4.74. The van der Waals surface area contributed by atoms with E-state index in [9.17, 15) is 4.79 Å². The van der Waals surface area contributed by atoms with Crippen LogP contribution in [-0.2, 0) is 4.79 Å². The maximum absolute atomic E-state index is 13.2. The zero-order chi connectivity index (χ0) is 20.5. The molecule has 7 heteroatoms. The predicted octanol–water partition coefficient (Wildman–Crippen LogP) is 7.48. The molecule has 0 N–H and O–H groups in total. The van der Waals surface area contributed by atoms with Gasteiger partial charge in [-0.1, -0.05) is 35.3 Å². The van der Waals surface area contributed by atoms with Crippen LogP contribution in [0.15, 0.2) is 63.1 Å². The van der Waals surface area contributed by atoms with E-state index < -0.39 is 0 Å². The third kappa shape index (κ3) is 4.28. The second-order valence-electron chi connectivity index (χ2n) is 6.57. The van der Waals surface area contributed by atoms with Crippen molar-refractivity contribution in [2.75, 3.05) is 4.90 Å². The highest BCUT2D eigenvalue weighted by Gasteiger charge is 2.35. The Kier molecular flexibility index (Phi) is 5.83. The summed E-state index contributed by atoms with van der Waals surface area (Å²) in [4.78, 5) is 20.2. The van der Waals surface area contributed by atoms with Crippen LogP contribution < -0.4 is 4.90 Å². The predicted molar refractivity (Wildman–Crippen MR) is 127 cm³/mol. The van der Waals surface area contributed by atoms with Gasteiger partial charge in [0.05, 0.1) is 16.3 Å². The van der Waals surface area contributed by atoms with Crippen LogP contribution in [0.25, 0.3) is 6.08 Å². The van der Waals surface area contributed by atoms with Crippen molar-refractivity contribution in [3.8, 4) is 0 Å². The van der Waals surface area contributed by atoms with E-state index in [0.29, 0.717) is 31.5 Å². The van der Waals surface area contributed by atoms with E-state index in [1.807, 2.05) is 61.0 Å². The quantitative estimate of drug-likeness (QED) is 0.381. The third-order valence-electron chi connectivity index (χ3n) is 4.44. The van der Waals surface area contributed by atoms with Crippen molar-refractivity contribution in [1.82, 2.24) is 0 Å². The van der Waals surface area contributed by atoms with E-state index in [4.69, 9.17) is 28.2 Å². The summed E-state index contributed by atoms with van der Waals surface area (Å²) in [5, 5.41) is 5.80. The van der Waals surface area contributed by atoms with Gasteiger partial charge in [0.25, 0.3) is 5.91 Å². The molecule has 1 aliphatic rings. The minimum atomic E-state index is -0.127. The first-order chi connectivity index (χ1) is 13.9. The van der Waals surface area contributed by atoms with Crippen LogP contribution in [0.5, 0.6) is 0 Å². The minimum absolute atomic E-state index is 0.127. The number of amides is 1. The number of benzene rings is 2. The lowest BCUT2D eigenvalue weighted by Crippen LogP contribution is -2.28. The molecule has 0 bridgehead atoms. The summed E-state index contributed by atoms with van der Waals surface area (Å²) in [5.41, 5.74) is 4.30. The normalized spacial score (nSPS) is 17.0. The molecule has 3 aromatic rings. The maximum atomic E-state index is 13.2. The lowest BCUT2D eigenvalue weighted by Gasteiger charge is -2.16. The summed E-state index contributed by atoms with van der Waals surface area (Å²) >= 11 is 15.5. The van der Waals surface area contributed by atoms with Crippen molar-refractivity contribution in [3.05, 3.63) is 84.9 Å². The number of halogens is 2. The molecule has 0 atom stereocenters. The van der Waals surface area contributed by atoms with Gasteiger partial charge in [-0.25, -0.2) is 4.99 Å². The van der Waals surface area contributed by atoms with Gasteiger partial charge in [0, 0.05) is 10.0 Å². The molecule has 0 aliphatic carbocycles. The van der Waals surface area contributed by atoms with Gasteiger partial charge in [-0.2, -0.15) is 11.3 Å². The highest BCUT2D eigenvalue weighted by atomic mass is 35.5. The van der Waals surface area contributed by atoms with Crippen molar-refractivity contribution in [2.45, 2.75) is 13.8 Å². The number of amidine groups is 1. The van der Waals surface area contributed by atoms with Crippen molar-refractivity contribution in [3.63, 3.8) is 0 Å². The van der Waals surface area contributed by atoms with E-state index in [1.165, 1.54) is 11.8 Å². The van der Waals surface area contributed by atoms with Gasteiger partial charge >= 0.3 is 0 Å². The minimum Gasteiger partial charge on any atom is -0.268 e. The fraction of sp³-hybridized carbons (Fsp3) is 0.0909. The molecule has 29 heavy (non-hydrogen) atoms. The van der Waals surface area contributed by atoms with Gasteiger partial charge in [0.15, 0.2) is 5.17 Å². The van der Waals surface area contributed by atoms with Gasteiger partial charge < -0.3 is 0 Å². The van der Waals surface area contributed by atoms with Crippen LogP contribution in [0.4, 0.5) is 11.4 Å². The van der Waals surface area contributed by atoms with Crippen LogP contribution in [0.2, 0.25) is 10.0 Å². The molecule has 1 aromatic heterocycles. The molecule has 4 rings (SSSR count). The fourth-order valence-electron chi connectivity index (χ4n) is 2.77. The van der Waals surface area contributed by atoms with E-state index in [-0.39, 0.29) is 5.91 Å². The first-order valence-electron chi connectivity index (χ1n) is 8.79. The van der Waals surface area contributed by atoms with E-state index in [1.54, 1.807) is 28.4 Å². The highest BCUT2D eigenvalue weighted by Crippen LogP contribution is 2.39. The Morgan fingerprint density at radius 2 is 1.72 bits per heavy atom. The summed E-state index contributed by atoms with van der Waals surface area (Å²) in [7, 11) is 0. The summed E-state index contributed by atoms with van der Waals surface area (Å²) in [6, 6.07) is 13.2. The Hall–Kier alpha value is -2.05. The topological polar surface area (TPSA) is 32.7 Å². The molecule has 1 saturated heterocycles. The molecule has 0 radical (unpaired) electrons. The van der Waals surface area contributed by atoms with Crippen LogP contribution in [0, 0.1) is 13.8 Å². The van der Waals surface area contributed by atoms with Gasteiger partial charge in [-0.3, -0.25) is 9.69 Å². The molecule has 0 unspecified atom stereocenters. The Labute approximate surface area is 187 Å². The number of thiophene rings is 1. The standard InChI is InChI=1S/C22H16Cl2N2OS2/c1-13-3-5-16(10-18(13)23)25-22-26(17-6-4-14(2)19(24)11-17)21(27)20(29-22)9-15-7-8-28-12-15/h3-12H,1-2H3/b20-9+,25-22?. The first-order valence-corrected chi connectivity index (χ1v) is 11.3. The number of carbonyl (C=O) groups is 1. The van der Waals surface area contributed by atoms with Gasteiger partial charge in [-0.05, 0) is 89.5 Å². The number of hydrogen-bond acceptors (Lipinski definition) is 4. The number of aryl methyl sites for hydroxylation is 2. The molecule has 1 aliphatic heterocycles. The van der Waals surface area contributed by atoms with Gasteiger partial charge in [0.1, 0.15) is 0 Å². The molecule has 0 saturated carbocycles. The second kappa shape index (κ2) is 8.36. The molecule has 1 fully saturated rings. The monoisotopic (exact) mass is 458 g/mol. The summed E-state index contributed by atoms with van der Waals surface area (Å²) in [6.07, 6.45) is 1.89. The summed E-state index contributed by atoms with van der Waals surface area (Å²) < 4.78 is 0. The van der Waals surface area contributed by atoms with Crippen LogP contribution in [0.3, 0.4) is 0 Å². The van der Waals surface area contributed by atoms with Crippen LogP contribution >= 0.6 is 46.3 Å². The number of thioether (sulfide) groups is 1. The summed E-state index contributed by atoms with van der Waals surface area (Å²) in [5.74, 6) is -0.127.